The zero-order valence-electron chi connectivity index (χ0n) is 12.6. The van der Waals surface area contributed by atoms with E-state index in [-0.39, 0.29) is 11.2 Å². The second-order valence-corrected chi connectivity index (χ2v) is 5.53. The Labute approximate surface area is 121 Å². The van der Waals surface area contributed by atoms with Crippen molar-refractivity contribution in [2.75, 3.05) is 6.61 Å². The van der Waals surface area contributed by atoms with E-state index in [2.05, 4.69) is 32.9 Å². The van der Waals surface area contributed by atoms with Crippen molar-refractivity contribution < 1.29 is 9.84 Å². The molecule has 0 saturated heterocycles. The van der Waals surface area contributed by atoms with E-state index in [0.29, 0.717) is 12.4 Å². The minimum atomic E-state index is -0.228. The molecule has 2 aromatic carbocycles. The standard InChI is InChI=1S/C18H22O2/c1-5-20-17-15(19)12-11-13(2)16(17)18(3,4)14-9-7-6-8-10-14/h6-12,19H,5H2,1-4H3. The van der Waals surface area contributed by atoms with Gasteiger partial charge in [0.1, 0.15) is 0 Å². The van der Waals surface area contributed by atoms with E-state index >= 15 is 0 Å². The van der Waals surface area contributed by atoms with E-state index < -0.39 is 0 Å². The van der Waals surface area contributed by atoms with Crippen LogP contribution in [-0.2, 0) is 5.41 Å². The summed E-state index contributed by atoms with van der Waals surface area (Å²) in [6, 6.07) is 13.9. The molecule has 0 spiro atoms. The Balaban J connectivity index is 2.64. The Kier molecular flexibility index (Phi) is 4.03. The molecule has 0 aliphatic heterocycles. The van der Waals surface area contributed by atoms with Crippen molar-refractivity contribution in [2.24, 2.45) is 0 Å². The molecule has 0 unspecified atom stereocenters. The summed E-state index contributed by atoms with van der Waals surface area (Å²) in [4.78, 5) is 0. The summed E-state index contributed by atoms with van der Waals surface area (Å²) >= 11 is 0. The van der Waals surface area contributed by atoms with Crippen LogP contribution < -0.4 is 4.74 Å². The molecule has 1 N–H and O–H groups in total. The molecule has 0 amide bonds. The van der Waals surface area contributed by atoms with E-state index in [0.717, 1.165) is 11.1 Å². The number of phenols is 1. The molecule has 20 heavy (non-hydrogen) atoms. The second-order valence-electron chi connectivity index (χ2n) is 5.53. The third-order valence-electron chi connectivity index (χ3n) is 3.75. The maximum Gasteiger partial charge on any atom is 0.165 e. The Hall–Kier alpha value is -1.96. The molecule has 0 saturated carbocycles. The molecule has 0 aliphatic rings. The average molecular weight is 270 g/mol. The van der Waals surface area contributed by atoms with Crippen molar-refractivity contribution >= 4 is 0 Å². The number of ether oxygens (including phenoxy) is 1. The first-order valence-corrected chi connectivity index (χ1v) is 6.99. The van der Waals surface area contributed by atoms with Crippen LogP contribution in [0.1, 0.15) is 37.5 Å². The smallest absolute Gasteiger partial charge is 0.165 e. The molecule has 106 valence electrons. The van der Waals surface area contributed by atoms with Gasteiger partial charge in [-0.2, -0.15) is 0 Å². The van der Waals surface area contributed by atoms with Gasteiger partial charge in [-0.15, -0.1) is 0 Å². The normalized spacial score (nSPS) is 11.4. The molecule has 2 aromatic rings. The van der Waals surface area contributed by atoms with E-state index in [4.69, 9.17) is 4.74 Å². The van der Waals surface area contributed by atoms with Crippen molar-refractivity contribution in [3.8, 4) is 11.5 Å². The third kappa shape index (κ3) is 2.51. The average Bonchev–Trinajstić information content (AvgIpc) is 2.44. The van der Waals surface area contributed by atoms with Gasteiger partial charge >= 0.3 is 0 Å². The van der Waals surface area contributed by atoms with E-state index in [1.807, 2.05) is 31.2 Å². The van der Waals surface area contributed by atoms with Gasteiger partial charge in [0.25, 0.3) is 0 Å². The van der Waals surface area contributed by atoms with E-state index in [1.165, 1.54) is 5.56 Å². The van der Waals surface area contributed by atoms with Gasteiger partial charge in [0.15, 0.2) is 11.5 Å². The van der Waals surface area contributed by atoms with E-state index in [1.54, 1.807) is 6.07 Å². The van der Waals surface area contributed by atoms with Crippen LogP contribution in [0.15, 0.2) is 42.5 Å². The van der Waals surface area contributed by atoms with Gasteiger partial charge in [0.2, 0.25) is 0 Å². The SMILES string of the molecule is CCOc1c(O)ccc(C)c1C(C)(C)c1ccccc1. The molecule has 0 fully saturated rings. The van der Waals surface area contributed by atoms with Gasteiger partial charge < -0.3 is 9.84 Å². The third-order valence-corrected chi connectivity index (χ3v) is 3.75. The molecule has 0 radical (unpaired) electrons. The fourth-order valence-corrected chi connectivity index (χ4v) is 2.74. The number of aromatic hydroxyl groups is 1. The number of hydrogen-bond acceptors (Lipinski definition) is 2. The monoisotopic (exact) mass is 270 g/mol. The quantitative estimate of drug-likeness (QED) is 0.890. The van der Waals surface area contributed by atoms with Gasteiger partial charge in [0, 0.05) is 11.0 Å². The molecule has 0 aliphatic carbocycles. The summed E-state index contributed by atoms with van der Waals surface area (Å²) in [6.07, 6.45) is 0. The molecule has 2 rings (SSSR count). The van der Waals surface area contributed by atoms with Gasteiger partial charge in [-0.1, -0.05) is 50.2 Å². The van der Waals surface area contributed by atoms with Crippen molar-refractivity contribution in [1.29, 1.82) is 0 Å². The molecule has 2 nitrogen and oxygen atoms in total. The fourth-order valence-electron chi connectivity index (χ4n) is 2.74. The van der Waals surface area contributed by atoms with Crippen LogP contribution in [0.25, 0.3) is 0 Å². The van der Waals surface area contributed by atoms with Crippen LogP contribution in [-0.4, -0.2) is 11.7 Å². The lowest BCUT2D eigenvalue weighted by Crippen LogP contribution is -2.21. The minimum absolute atomic E-state index is 0.205. The predicted molar refractivity (Wildman–Crippen MR) is 82.6 cm³/mol. The number of phenolic OH excluding ortho intramolecular Hbond substituents is 1. The number of hydrogen-bond donors (Lipinski definition) is 1. The van der Waals surface area contributed by atoms with E-state index in [9.17, 15) is 5.11 Å². The second kappa shape index (κ2) is 5.58. The van der Waals surface area contributed by atoms with Crippen LogP contribution in [0.5, 0.6) is 11.5 Å². The van der Waals surface area contributed by atoms with Crippen LogP contribution in [0.3, 0.4) is 0 Å². The first kappa shape index (κ1) is 14.4. The highest BCUT2D eigenvalue weighted by molar-refractivity contribution is 5.56. The van der Waals surface area contributed by atoms with Crippen molar-refractivity contribution in [2.45, 2.75) is 33.1 Å². The number of rotatable bonds is 4. The van der Waals surface area contributed by atoms with Gasteiger partial charge in [0.05, 0.1) is 6.61 Å². The number of aryl methyl sites for hydroxylation is 1. The Morgan fingerprint density at radius 2 is 1.70 bits per heavy atom. The maximum absolute atomic E-state index is 10.1. The van der Waals surface area contributed by atoms with Crippen molar-refractivity contribution in [3.63, 3.8) is 0 Å². The summed E-state index contributed by atoms with van der Waals surface area (Å²) in [5.41, 5.74) is 3.15. The van der Waals surface area contributed by atoms with Gasteiger partial charge in [-0.3, -0.25) is 0 Å². The lowest BCUT2D eigenvalue weighted by molar-refractivity contribution is 0.309. The summed E-state index contributed by atoms with van der Waals surface area (Å²) in [5, 5.41) is 10.1. The Morgan fingerprint density at radius 1 is 1.05 bits per heavy atom. The van der Waals surface area contributed by atoms with Crippen molar-refractivity contribution in [3.05, 3.63) is 59.2 Å². The maximum atomic E-state index is 10.1. The Morgan fingerprint density at radius 3 is 2.30 bits per heavy atom. The molecule has 0 heterocycles. The van der Waals surface area contributed by atoms with Crippen LogP contribution in [0.4, 0.5) is 0 Å². The van der Waals surface area contributed by atoms with Gasteiger partial charge in [-0.05, 0) is 31.0 Å². The topological polar surface area (TPSA) is 29.5 Å². The highest BCUT2D eigenvalue weighted by Gasteiger charge is 2.29. The predicted octanol–water partition coefficient (Wildman–Crippen LogP) is 4.43. The van der Waals surface area contributed by atoms with Crippen LogP contribution in [0, 0.1) is 6.92 Å². The molecule has 2 heteroatoms. The molecule has 0 atom stereocenters. The largest absolute Gasteiger partial charge is 0.504 e. The molecular weight excluding hydrogens is 248 g/mol. The lowest BCUT2D eigenvalue weighted by atomic mass is 9.75. The first-order chi connectivity index (χ1) is 9.48. The highest BCUT2D eigenvalue weighted by Crippen LogP contribution is 2.43. The fraction of sp³-hybridized carbons (Fsp3) is 0.333. The highest BCUT2D eigenvalue weighted by atomic mass is 16.5. The first-order valence-electron chi connectivity index (χ1n) is 6.99. The zero-order valence-corrected chi connectivity index (χ0v) is 12.6. The zero-order chi connectivity index (χ0) is 14.8. The molecule has 0 bridgehead atoms. The molecular formula is C18H22O2. The number of benzene rings is 2. The van der Waals surface area contributed by atoms with Crippen LogP contribution >= 0.6 is 0 Å². The summed E-state index contributed by atoms with van der Waals surface area (Å²) in [5.74, 6) is 0.804. The van der Waals surface area contributed by atoms with Crippen molar-refractivity contribution in [1.82, 2.24) is 0 Å². The lowest BCUT2D eigenvalue weighted by Gasteiger charge is -2.30. The minimum Gasteiger partial charge on any atom is -0.504 e. The molecule has 0 aromatic heterocycles. The summed E-state index contributed by atoms with van der Waals surface area (Å²) in [6.45, 7) is 8.84. The summed E-state index contributed by atoms with van der Waals surface area (Å²) < 4.78 is 5.71. The Bertz CT molecular complexity index is 586. The van der Waals surface area contributed by atoms with Gasteiger partial charge in [-0.25, -0.2) is 0 Å². The summed E-state index contributed by atoms with van der Waals surface area (Å²) in [7, 11) is 0. The van der Waals surface area contributed by atoms with Crippen LogP contribution in [0.2, 0.25) is 0 Å².